The molecule has 0 aliphatic carbocycles. The number of piperidine rings is 1. The highest BCUT2D eigenvalue weighted by Gasteiger charge is 2.21. The molecule has 4 nitrogen and oxygen atoms in total. The minimum atomic E-state index is 0. The molecule has 1 amide bonds. The molecule has 1 aromatic heterocycles. The molecule has 0 atom stereocenters. The van der Waals surface area contributed by atoms with Gasteiger partial charge in [0.15, 0.2) is 0 Å². The van der Waals surface area contributed by atoms with Crippen LogP contribution in [0.2, 0.25) is 0 Å². The number of halogens is 2. The van der Waals surface area contributed by atoms with Crippen LogP contribution in [0.4, 0.5) is 0 Å². The van der Waals surface area contributed by atoms with Crippen molar-refractivity contribution < 1.29 is 4.79 Å². The minimum Gasteiger partial charge on any atom is -0.340 e. The Balaban J connectivity index is 0.00000264. The Bertz CT molecular complexity index is 478. The van der Waals surface area contributed by atoms with Gasteiger partial charge in [-0.25, -0.2) is 0 Å². The van der Waals surface area contributed by atoms with E-state index in [-0.39, 0.29) is 18.3 Å². The summed E-state index contributed by atoms with van der Waals surface area (Å²) < 4.78 is 1.09. The van der Waals surface area contributed by atoms with E-state index in [4.69, 9.17) is 0 Å². The molecular weight excluding hydrogens is 398 g/mol. The lowest BCUT2D eigenvalue weighted by atomic mass is 9.93. The van der Waals surface area contributed by atoms with E-state index in [1.54, 1.807) is 11.3 Å². The number of nitrogens with one attached hydrogen (secondary N) is 1. The average molecular weight is 425 g/mol. The Kier molecular flexibility index (Phi) is 9.70. The minimum absolute atomic E-state index is 0. The first kappa shape index (κ1) is 20.9. The third-order valence-corrected chi connectivity index (χ3v) is 5.99. The summed E-state index contributed by atoms with van der Waals surface area (Å²) in [6.07, 6.45) is 3.69. The summed E-state index contributed by atoms with van der Waals surface area (Å²) in [6.45, 7) is 4.47. The Hall–Kier alpha value is -0.140. The van der Waals surface area contributed by atoms with Crippen LogP contribution in [0.3, 0.4) is 0 Å². The largest absolute Gasteiger partial charge is 0.340 e. The van der Waals surface area contributed by atoms with Crippen molar-refractivity contribution in [3.8, 4) is 0 Å². The van der Waals surface area contributed by atoms with Crippen molar-refractivity contribution in [2.75, 3.05) is 40.3 Å². The molecule has 1 aromatic rings. The first-order valence-corrected chi connectivity index (χ1v) is 9.59. The molecule has 0 radical (unpaired) electrons. The van der Waals surface area contributed by atoms with E-state index in [0.29, 0.717) is 13.1 Å². The molecule has 23 heavy (non-hydrogen) atoms. The quantitative estimate of drug-likeness (QED) is 0.730. The Morgan fingerprint density at radius 3 is 2.74 bits per heavy atom. The number of nitrogens with zero attached hydrogens (tertiary/aromatic N) is 2. The monoisotopic (exact) mass is 423 g/mol. The maximum absolute atomic E-state index is 12.3. The fourth-order valence-electron chi connectivity index (χ4n) is 2.85. The van der Waals surface area contributed by atoms with Gasteiger partial charge < -0.3 is 10.2 Å². The van der Waals surface area contributed by atoms with Gasteiger partial charge in [-0.05, 0) is 73.9 Å². The van der Waals surface area contributed by atoms with Gasteiger partial charge in [0.2, 0.25) is 5.91 Å². The highest BCUT2D eigenvalue weighted by atomic mass is 79.9. The lowest BCUT2D eigenvalue weighted by Gasteiger charge is -2.32. The third kappa shape index (κ3) is 7.10. The van der Waals surface area contributed by atoms with Crippen LogP contribution in [0.1, 0.15) is 24.1 Å². The van der Waals surface area contributed by atoms with Gasteiger partial charge >= 0.3 is 0 Å². The lowest BCUT2D eigenvalue weighted by Crippen LogP contribution is -2.42. The number of likely N-dealkylation sites (N-methyl/N-ethyl adjacent to an activating group) is 1. The molecule has 0 saturated carbocycles. The molecule has 7 heteroatoms. The van der Waals surface area contributed by atoms with Crippen molar-refractivity contribution in [2.24, 2.45) is 5.92 Å². The molecule has 1 N–H and O–H groups in total. The SMILES string of the molecule is CNCCC1CCN(CC(=O)N(C)Cc2cc(Br)cs2)CC1.Cl. The number of hydrogen-bond acceptors (Lipinski definition) is 4. The molecule has 1 aliphatic rings. The second-order valence-electron chi connectivity index (χ2n) is 6.09. The number of likely N-dealkylation sites (tertiary alicyclic amines) is 1. The lowest BCUT2D eigenvalue weighted by molar-refractivity contribution is -0.132. The number of hydrogen-bond donors (Lipinski definition) is 1. The Morgan fingerprint density at radius 2 is 2.17 bits per heavy atom. The standard InChI is InChI=1S/C16H26BrN3OS.ClH/c1-18-6-3-13-4-7-20(8-5-13)11-16(21)19(2)10-15-9-14(17)12-22-15;/h9,12-13,18H,3-8,10-11H2,1-2H3;1H. The normalized spacial score (nSPS) is 16.1. The van der Waals surface area contributed by atoms with Crippen LogP contribution in [0.25, 0.3) is 0 Å². The summed E-state index contributed by atoms with van der Waals surface area (Å²) in [5.41, 5.74) is 0. The van der Waals surface area contributed by atoms with E-state index in [9.17, 15) is 4.79 Å². The smallest absolute Gasteiger partial charge is 0.236 e. The van der Waals surface area contributed by atoms with Crippen LogP contribution in [-0.4, -0.2) is 56.0 Å². The topological polar surface area (TPSA) is 35.6 Å². The van der Waals surface area contributed by atoms with Crippen LogP contribution in [0.5, 0.6) is 0 Å². The number of amides is 1. The van der Waals surface area contributed by atoms with Crippen molar-refractivity contribution in [2.45, 2.75) is 25.8 Å². The molecule has 0 bridgehead atoms. The highest BCUT2D eigenvalue weighted by Crippen LogP contribution is 2.22. The Morgan fingerprint density at radius 1 is 1.48 bits per heavy atom. The number of thiophene rings is 1. The van der Waals surface area contributed by atoms with Crippen molar-refractivity contribution in [3.63, 3.8) is 0 Å². The number of rotatable bonds is 7. The second kappa shape index (κ2) is 10.7. The maximum atomic E-state index is 12.3. The average Bonchev–Trinajstić information content (AvgIpc) is 2.91. The molecule has 0 unspecified atom stereocenters. The van der Waals surface area contributed by atoms with E-state index in [0.717, 1.165) is 30.0 Å². The van der Waals surface area contributed by atoms with Gasteiger partial charge in [0.25, 0.3) is 0 Å². The zero-order valence-corrected chi connectivity index (χ0v) is 17.1. The van der Waals surface area contributed by atoms with Crippen LogP contribution in [0.15, 0.2) is 15.9 Å². The van der Waals surface area contributed by atoms with Crippen LogP contribution in [-0.2, 0) is 11.3 Å². The summed E-state index contributed by atoms with van der Waals surface area (Å²) in [5, 5.41) is 5.28. The van der Waals surface area contributed by atoms with E-state index in [1.165, 1.54) is 24.1 Å². The maximum Gasteiger partial charge on any atom is 0.236 e. The summed E-state index contributed by atoms with van der Waals surface area (Å²) in [5.74, 6) is 1.04. The molecule has 1 fully saturated rings. The zero-order valence-electron chi connectivity index (χ0n) is 13.9. The zero-order chi connectivity index (χ0) is 15.9. The fourth-order valence-corrected chi connectivity index (χ4v) is 4.36. The van der Waals surface area contributed by atoms with Gasteiger partial charge in [0.1, 0.15) is 0 Å². The number of carbonyl (C=O) groups excluding carboxylic acids is 1. The van der Waals surface area contributed by atoms with Gasteiger partial charge in [-0.3, -0.25) is 9.69 Å². The third-order valence-electron chi connectivity index (χ3n) is 4.31. The van der Waals surface area contributed by atoms with Crippen LogP contribution >= 0.6 is 39.7 Å². The van der Waals surface area contributed by atoms with Crippen molar-refractivity contribution in [1.29, 1.82) is 0 Å². The van der Waals surface area contributed by atoms with Gasteiger partial charge in [-0.1, -0.05) is 0 Å². The molecule has 1 saturated heterocycles. The molecule has 0 spiro atoms. The highest BCUT2D eigenvalue weighted by molar-refractivity contribution is 9.10. The van der Waals surface area contributed by atoms with E-state index in [1.807, 2.05) is 19.0 Å². The summed E-state index contributed by atoms with van der Waals surface area (Å²) in [7, 11) is 3.91. The van der Waals surface area contributed by atoms with Crippen LogP contribution < -0.4 is 5.32 Å². The predicted molar refractivity (Wildman–Crippen MR) is 103 cm³/mol. The molecule has 2 rings (SSSR count). The van der Waals surface area contributed by atoms with Gasteiger partial charge in [-0.15, -0.1) is 23.7 Å². The summed E-state index contributed by atoms with van der Waals surface area (Å²) in [6, 6.07) is 2.09. The summed E-state index contributed by atoms with van der Waals surface area (Å²) in [4.78, 5) is 17.7. The van der Waals surface area contributed by atoms with Crippen molar-refractivity contribution >= 4 is 45.6 Å². The Labute approximate surface area is 158 Å². The summed E-state index contributed by atoms with van der Waals surface area (Å²) >= 11 is 5.15. The first-order chi connectivity index (χ1) is 10.6. The van der Waals surface area contributed by atoms with Gasteiger partial charge in [0, 0.05) is 21.8 Å². The van der Waals surface area contributed by atoms with Gasteiger partial charge in [-0.2, -0.15) is 0 Å². The van der Waals surface area contributed by atoms with Crippen molar-refractivity contribution in [1.82, 2.24) is 15.1 Å². The predicted octanol–water partition coefficient (Wildman–Crippen LogP) is 3.21. The second-order valence-corrected chi connectivity index (χ2v) is 8.00. The molecule has 1 aliphatic heterocycles. The van der Waals surface area contributed by atoms with Crippen molar-refractivity contribution in [3.05, 3.63) is 20.8 Å². The molecule has 2 heterocycles. The molecule has 0 aromatic carbocycles. The van der Waals surface area contributed by atoms with E-state index >= 15 is 0 Å². The fraction of sp³-hybridized carbons (Fsp3) is 0.688. The van der Waals surface area contributed by atoms with E-state index in [2.05, 4.69) is 37.6 Å². The van der Waals surface area contributed by atoms with Crippen LogP contribution in [0, 0.1) is 5.92 Å². The number of carbonyl (C=O) groups is 1. The van der Waals surface area contributed by atoms with E-state index < -0.39 is 0 Å². The molecule has 132 valence electrons. The van der Waals surface area contributed by atoms with Gasteiger partial charge in [0.05, 0.1) is 13.1 Å². The molecular formula is C16H27BrClN3OS. The first-order valence-electron chi connectivity index (χ1n) is 7.92.